The molecule has 0 saturated carbocycles. The van der Waals surface area contributed by atoms with E-state index in [1.807, 2.05) is 42.5 Å². The van der Waals surface area contributed by atoms with Gasteiger partial charge in [0.05, 0.1) is 11.1 Å². The highest BCUT2D eigenvalue weighted by molar-refractivity contribution is 6.01. The molecule has 13 rings (SSSR count). The van der Waals surface area contributed by atoms with Crippen LogP contribution in [0.15, 0.2) is 235 Å². The number of oxazole rings is 1. The molecule has 0 amide bonds. The van der Waals surface area contributed by atoms with Gasteiger partial charge in [0.2, 0.25) is 5.89 Å². The van der Waals surface area contributed by atoms with Gasteiger partial charge in [0.25, 0.3) is 0 Å². The maximum atomic E-state index is 6.29. The predicted molar refractivity (Wildman–Crippen MR) is 264 cm³/mol. The molecule has 0 fully saturated rings. The van der Waals surface area contributed by atoms with Crippen LogP contribution in [0.4, 0.5) is 5.69 Å². The Morgan fingerprint density at radius 2 is 1.03 bits per heavy atom. The zero-order valence-corrected chi connectivity index (χ0v) is 35.3. The van der Waals surface area contributed by atoms with Gasteiger partial charge in [0, 0.05) is 11.1 Å². The number of benzene rings is 10. The minimum Gasteiger partial charge on any atom is -0.464 e. The smallest absolute Gasteiger partial charge is 0.227 e. The summed E-state index contributed by atoms with van der Waals surface area (Å²) in [6.45, 7) is 0. The van der Waals surface area contributed by atoms with Crippen molar-refractivity contribution in [2.75, 3.05) is 5.32 Å². The molecule has 1 unspecified atom stereocenters. The quantitative estimate of drug-likeness (QED) is 0.174. The zero-order valence-electron chi connectivity index (χ0n) is 35.3. The average molecular weight is 833 g/mol. The van der Waals surface area contributed by atoms with Crippen molar-refractivity contribution in [3.8, 4) is 61.7 Å². The van der Waals surface area contributed by atoms with Crippen LogP contribution in [0.5, 0.6) is 5.75 Å². The summed E-state index contributed by atoms with van der Waals surface area (Å²) in [5.41, 5.74) is 18.5. The molecule has 0 spiro atoms. The maximum absolute atomic E-state index is 6.29. The number of anilines is 1. The highest BCUT2D eigenvalue weighted by atomic mass is 16.5. The topological polar surface area (TPSA) is 47.3 Å². The summed E-state index contributed by atoms with van der Waals surface area (Å²) in [6, 6.07) is 83.1. The number of hydrogen-bond donors (Lipinski definition) is 1. The third-order valence-corrected chi connectivity index (χ3v) is 13.4. The standard InChI is InChI=1S/C61H40N2O2/c1-3-14-48(15-4-1)61(49-16-5-2-6-17-49)53-38-44(32-33-51(53)52-34-31-41-13-7-8-18-50(41)58(52)61)47-36-45(39-23-27-42(28-24-39)59-62-54-19-9-11-21-56(54)64-59)35-46(37-47)40-25-29-43(30-26-40)60-63-55-20-10-12-22-57(55)65-60/h1-38,59,62H. The lowest BCUT2D eigenvalue weighted by Crippen LogP contribution is -2.28. The molecule has 1 aliphatic carbocycles. The molecule has 2 heterocycles. The first-order valence-corrected chi connectivity index (χ1v) is 22.2. The summed E-state index contributed by atoms with van der Waals surface area (Å²) in [5.74, 6) is 1.48. The predicted octanol–water partition coefficient (Wildman–Crippen LogP) is 15.5. The number of hydrogen-bond acceptors (Lipinski definition) is 4. The Bertz CT molecular complexity index is 3500. The number of nitrogens with zero attached hydrogens (tertiary/aromatic N) is 1. The molecule has 4 nitrogen and oxygen atoms in total. The minimum absolute atomic E-state index is 0.245. The third kappa shape index (κ3) is 6.02. The summed E-state index contributed by atoms with van der Waals surface area (Å²) in [5, 5.41) is 6.04. The van der Waals surface area contributed by atoms with E-state index >= 15 is 0 Å². The fourth-order valence-corrected chi connectivity index (χ4v) is 10.4. The molecule has 2 aliphatic rings. The highest BCUT2D eigenvalue weighted by Crippen LogP contribution is 2.58. The van der Waals surface area contributed by atoms with Gasteiger partial charge in [-0.1, -0.05) is 170 Å². The van der Waals surface area contributed by atoms with Gasteiger partial charge in [0.15, 0.2) is 11.8 Å². The van der Waals surface area contributed by atoms with E-state index in [2.05, 4.69) is 193 Å². The molecule has 4 heteroatoms. The van der Waals surface area contributed by atoms with E-state index in [4.69, 9.17) is 14.1 Å². The molecule has 1 atom stereocenters. The Balaban J connectivity index is 0.978. The summed E-state index contributed by atoms with van der Waals surface area (Å²) < 4.78 is 12.5. The molecule has 1 aliphatic heterocycles. The van der Waals surface area contributed by atoms with Gasteiger partial charge in [-0.15, -0.1) is 0 Å². The number of fused-ring (bicyclic) bond motifs is 7. The van der Waals surface area contributed by atoms with Gasteiger partial charge in [-0.3, -0.25) is 0 Å². The summed E-state index contributed by atoms with van der Waals surface area (Å²) in [4.78, 5) is 4.78. The molecule has 10 aromatic carbocycles. The van der Waals surface area contributed by atoms with Crippen molar-refractivity contribution in [3.63, 3.8) is 0 Å². The van der Waals surface area contributed by atoms with Gasteiger partial charge in [0.1, 0.15) is 11.3 Å². The van der Waals surface area contributed by atoms with Crippen molar-refractivity contribution in [1.29, 1.82) is 0 Å². The monoisotopic (exact) mass is 832 g/mol. The minimum atomic E-state index is -0.559. The van der Waals surface area contributed by atoms with Crippen molar-refractivity contribution >= 4 is 27.6 Å². The van der Waals surface area contributed by atoms with E-state index in [-0.39, 0.29) is 6.23 Å². The lowest BCUT2D eigenvalue weighted by Gasteiger charge is -2.35. The Morgan fingerprint density at radius 3 is 1.75 bits per heavy atom. The first-order valence-electron chi connectivity index (χ1n) is 22.2. The lowest BCUT2D eigenvalue weighted by molar-refractivity contribution is 0.260. The second-order valence-corrected chi connectivity index (χ2v) is 17.1. The van der Waals surface area contributed by atoms with Crippen LogP contribution in [0.3, 0.4) is 0 Å². The molecule has 306 valence electrons. The Hall–Kier alpha value is -8.47. The van der Waals surface area contributed by atoms with E-state index < -0.39 is 5.41 Å². The van der Waals surface area contributed by atoms with Crippen LogP contribution in [0.25, 0.3) is 77.8 Å². The van der Waals surface area contributed by atoms with Gasteiger partial charge in [-0.05, 0) is 138 Å². The summed E-state index contributed by atoms with van der Waals surface area (Å²) in [7, 11) is 0. The number of rotatable bonds is 7. The third-order valence-electron chi connectivity index (χ3n) is 13.4. The number of nitrogens with one attached hydrogen (secondary N) is 1. The van der Waals surface area contributed by atoms with Gasteiger partial charge < -0.3 is 14.5 Å². The van der Waals surface area contributed by atoms with Crippen molar-refractivity contribution in [3.05, 3.63) is 258 Å². The van der Waals surface area contributed by atoms with Gasteiger partial charge in [-0.2, -0.15) is 0 Å². The van der Waals surface area contributed by atoms with E-state index in [1.54, 1.807) is 0 Å². The molecule has 1 N–H and O–H groups in total. The van der Waals surface area contributed by atoms with Gasteiger partial charge in [-0.25, -0.2) is 4.98 Å². The van der Waals surface area contributed by atoms with E-state index in [1.165, 1.54) is 44.2 Å². The van der Waals surface area contributed by atoms with Crippen molar-refractivity contribution in [2.24, 2.45) is 0 Å². The largest absolute Gasteiger partial charge is 0.464 e. The van der Waals surface area contributed by atoms with Crippen LogP contribution in [0, 0.1) is 0 Å². The summed E-state index contributed by atoms with van der Waals surface area (Å²) in [6.07, 6.45) is -0.245. The van der Waals surface area contributed by atoms with Crippen molar-refractivity contribution in [1.82, 2.24) is 4.98 Å². The van der Waals surface area contributed by atoms with Crippen molar-refractivity contribution in [2.45, 2.75) is 11.6 Å². The van der Waals surface area contributed by atoms with Crippen LogP contribution in [-0.2, 0) is 5.41 Å². The number of ether oxygens (including phenoxy) is 1. The Labute approximate surface area is 377 Å². The highest BCUT2D eigenvalue weighted by Gasteiger charge is 2.47. The molecule has 11 aromatic rings. The molecule has 0 radical (unpaired) electrons. The van der Waals surface area contributed by atoms with Crippen LogP contribution in [0.1, 0.15) is 34.0 Å². The average Bonchev–Trinajstić information content (AvgIpc) is 4.10. The lowest BCUT2D eigenvalue weighted by atomic mass is 9.66. The fourth-order valence-electron chi connectivity index (χ4n) is 10.4. The molecular formula is C61H40N2O2. The molecule has 65 heavy (non-hydrogen) atoms. The summed E-state index contributed by atoms with van der Waals surface area (Å²) >= 11 is 0. The molecule has 0 saturated heterocycles. The number of aromatic nitrogens is 1. The van der Waals surface area contributed by atoms with Crippen LogP contribution in [0.2, 0.25) is 0 Å². The van der Waals surface area contributed by atoms with Gasteiger partial charge >= 0.3 is 0 Å². The first kappa shape index (κ1) is 37.1. The number of para-hydroxylation sites is 4. The maximum Gasteiger partial charge on any atom is 0.227 e. The van der Waals surface area contributed by atoms with Crippen LogP contribution in [-0.4, -0.2) is 4.98 Å². The Morgan fingerprint density at radius 1 is 0.446 bits per heavy atom. The van der Waals surface area contributed by atoms with E-state index in [0.717, 1.165) is 67.0 Å². The fraction of sp³-hybridized carbons (Fsp3) is 0.0328. The van der Waals surface area contributed by atoms with Crippen molar-refractivity contribution < 1.29 is 9.15 Å². The molecular weight excluding hydrogens is 793 g/mol. The van der Waals surface area contributed by atoms with E-state index in [9.17, 15) is 0 Å². The molecule has 0 bridgehead atoms. The first-order chi connectivity index (χ1) is 32.2. The zero-order chi connectivity index (χ0) is 42.9. The second kappa shape index (κ2) is 14.8. The SMILES string of the molecule is c1ccc(C2(c3ccccc3)c3cc(-c4cc(-c5ccc(-c6nc7ccccc7o6)cc5)cc(-c5ccc(C6Nc7ccccc7O6)cc5)c4)ccc3-c3ccc4ccccc4c32)cc1. The van der Waals surface area contributed by atoms with E-state index in [0.29, 0.717) is 5.89 Å². The molecule has 1 aromatic heterocycles. The normalized spacial score (nSPS) is 14.4. The Kier molecular flexibility index (Phi) is 8.47. The second-order valence-electron chi connectivity index (χ2n) is 17.1. The van der Waals surface area contributed by atoms with Crippen LogP contribution < -0.4 is 10.1 Å². The van der Waals surface area contributed by atoms with Crippen LogP contribution >= 0.6 is 0 Å².